The zero-order chi connectivity index (χ0) is 23.3. The summed E-state index contributed by atoms with van der Waals surface area (Å²) in [5, 5.41) is 5.22. The van der Waals surface area contributed by atoms with Crippen LogP contribution in [0.2, 0.25) is 0 Å². The SMILES string of the molecule is CCOc1ccc(-c2nc(COC(=O)CN3C(=O)NC(CC)(CC)C3=O)cs2)cc1OC. The van der Waals surface area contributed by atoms with E-state index in [1.165, 1.54) is 11.3 Å². The van der Waals surface area contributed by atoms with E-state index in [0.717, 1.165) is 15.5 Å². The smallest absolute Gasteiger partial charge is 0.326 e. The molecule has 1 aliphatic rings. The van der Waals surface area contributed by atoms with Gasteiger partial charge in [0.05, 0.1) is 19.4 Å². The van der Waals surface area contributed by atoms with Gasteiger partial charge in [0.2, 0.25) is 0 Å². The van der Waals surface area contributed by atoms with Crippen molar-refractivity contribution in [2.45, 2.75) is 45.8 Å². The van der Waals surface area contributed by atoms with Gasteiger partial charge in [0, 0.05) is 10.9 Å². The topological polar surface area (TPSA) is 107 Å². The Kier molecular flexibility index (Phi) is 7.34. The molecule has 1 aromatic heterocycles. The summed E-state index contributed by atoms with van der Waals surface area (Å²) in [5.41, 5.74) is 0.475. The standard InChI is InChI=1S/C22H27N3O6S/c1-5-22(6-2)20(27)25(21(28)24-22)11-18(26)31-12-15-13-32-19(23-15)14-8-9-16(30-7-3)17(10-14)29-4/h8-10,13H,5-7,11-12H2,1-4H3,(H,24,28). The second-order valence-electron chi connectivity index (χ2n) is 7.21. The summed E-state index contributed by atoms with van der Waals surface area (Å²) in [4.78, 5) is 42.4. The molecule has 1 aromatic carbocycles. The summed E-state index contributed by atoms with van der Waals surface area (Å²) in [6.07, 6.45) is 0.912. The summed E-state index contributed by atoms with van der Waals surface area (Å²) >= 11 is 1.40. The second kappa shape index (κ2) is 9.99. The van der Waals surface area contributed by atoms with Crippen LogP contribution in [0.15, 0.2) is 23.6 Å². The number of esters is 1. The number of amides is 3. The lowest BCUT2D eigenvalue weighted by Crippen LogP contribution is -2.46. The number of benzene rings is 1. The molecule has 0 aliphatic carbocycles. The highest BCUT2D eigenvalue weighted by molar-refractivity contribution is 7.13. The molecule has 32 heavy (non-hydrogen) atoms. The number of hydrogen-bond acceptors (Lipinski definition) is 8. The maximum atomic E-state index is 12.6. The molecule has 10 heteroatoms. The maximum Gasteiger partial charge on any atom is 0.326 e. The van der Waals surface area contributed by atoms with Crippen LogP contribution in [-0.4, -0.2) is 53.6 Å². The number of imide groups is 1. The van der Waals surface area contributed by atoms with E-state index in [1.54, 1.807) is 12.5 Å². The monoisotopic (exact) mass is 461 g/mol. The highest BCUT2D eigenvalue weighted by Crippen LogP contribution is 2.34. The van der Waals surface area contributed by atoms with Crippen LogP contribution in [0.25, 0.3) is 10.6 Å². The first-order chi connectivity index (χ1) is 15.4. The first-order valence-electron chi connectivity index (χ1n) is 10.4. The van der Waals surface area contributed by atoms with E-state index < -0.39 is 30.0 Å². The molecular formula is C22H27N3O6S. The van der Waals surface area contributed by atoms with E-state index in [9.17, 15) is 14.4 Å². The largest absolute Gasteiger partial charge is 0.493 e. The average molecular weight is 462 g/mol. The molecule has 0 atom stereocenters. The normalized spacial score (nSPS) is 14.9. The fourth-order valence-electron chi connectivity index (χ4n) is 3.46. The number of carbonyl (C=O) groups excluding carboxylic acids is 3. The number of hydrogen-bond donors (Lipinski definition) is 1. The van der Waals surface area contributed by atoms with E-state index in [-0.39, 0.29) is 6.61 Å². The lowest BCUT2D eigenvalue weighted by atomic mass is 9.93. The van der Waals surface area contributed by atoms with Crippen LogP contribution in [0.4, 0.5) is 4.79 Å². The van der Waals surface area contributed by atoms with Gasteiger partial charge in [-0.1, -0.05) is 13.8 Å². The minimum absolute atomic E-state index is 0.0557. The third-order valence-corrected chi connectivity index (χ3v) is 6.32. The van der Waals surface area contributed by atoms with Crippen molar-refractivity contribution >= 4 is 29.2 Å². The van der Waals surface area contributed by atoms with Crippen LogP contribution in [0, 0.1) is 0 Å². The molecule has 1 fully saturated rings. The van der Waals surface area contributed by atoms with Crippen LogP contribution < -0.4 is 14.8 Å². The van der Waals surface area contributed by atoms with Crippen molar-refractivity contribution in [3.05, 3.63) is 29.3 Å². The van der Waals surface area contributed by atoms with Gasteiger partial charge in [-0.2, -0.15) is 0 Å². The van der Waals surface area contributed by atoms with Gasteiger partial charge < -0.3 is 19.5 Å². The van der Waals surface area contributed by atoms with Crippen molar-refractivity contribution < 1.29 is 28.6 Å². The molecule has 9 nitrogen and oxygen atoms in total. The quantitative estimate of drug-likeness (QED) is 0.427. The molecule has 2 heterocycles. The van der Waals surface area contributed by atoms with Crippen molar-refractivity contribution in [1.29, 1.82) is 0 Å². The number of nitrogens with one attached hydrogen (secondary N) is 1. The van der Waals surface area contributed by atoms with Crippen LogP contribution in [0.3, 0.4) is 0 Å². The van der Waals surface area contributed by atoms with Gasteiger partial charge in [0.1, 0.15) is 23.7 Å². The van der Waals surface area contributed by atoms with Gasteiger partial charge >= 0.3 is 12.0 Å². The Bertz CT molecular complexity index is 1000. The van der Waals surface area contributed by atoms with E-state index in [0.29, 0.717) is 36.6 Å². The summed E-state index contributed by atoms with van der Waals surface area (Å²) in [7, 11) is 1.57. The highest BCUT2D eigenvalue weighted by atomic mass is 32.1. The van der Waals surface area contributed by atoms with Crippen molar-refractivity contribution in [1.82, 2.24) is 15.2 Å². The molecule has 1 saturated heterocycles. The Hall–Kier alpha value is -3.14. The second-order valence-corrected chi connectivity index (χ2v) is 8.07. The van der Waals surface area contributed by atoms with Gasteiger partial charge in [0.15, 0.2) is 11.5 Å². The fraction of sp³-hybridized carbons (Fsp3) is 0.455. The fourth-order valence-corrected chi connectivity index (χ4v) is 4.26. The zero-order valence-electron chi connectivity index (χ0n) is 18.6. The molecule has 0 unspecified atom stereocenters. The zero-order valence-corrected chi connectivity index (χ0v) is 19.4. The molecule has 3 amide bonds. The summed E-state index contributed by atoms with van der Waals surface area (Å²) in [6.45, 7) is 5.59. The van der Waals surface area contributed by atoms with Crippen LogP contribution in [0.5, 0.6) is 11.5 Å². The number of nitrogens with zero attached hydrogens (tertiary/aromatic N) is 2. The molecular weight excluding hydrogens is 434 g/mol. The first-order valence-corrected chi connectivity index (χ1v) is 11.3. The molecule has 1 N–H and O–H groups in total. The lowest BCUT2D eigenvalue weighted by Gasteiger charge is -2.22. The van der Waals surface area contributed by atoms with E-state index in [4.69, 9.17) is 14.2 Å². The van der Waals surface area contributed by atoms with Gasteiger partial charge in [0.25, 0.3) is 5.91 Å². The van der Waals surface area contributed by atoms with Gasteiger partial charge in [-0.05, 0) is 38.0 Å². The number of carbonyl (C=O) groups is 3. The van der Waals surface area contributed by atoms with Crippen molar-refractivity contribution in [3.63, 3.8) is 0 Å². The number of aromatic nitrogens is 1. The molecule has 172 valence electrons. The molecule has 3 rings (SSSR count). The van der Waals surface area contributed by atoms with Crippen LogP contribution >= 0.6 is 11.3 Å². The van der Waals surface area contributed by atoms with E-state index in [2.05, 4.69) is 10.3 Å². The molecule has 0 radical (unpaired) electrons. The number of ether oxygens (including phenoxy) is 3. The summed E-state index contributed by atoms with van der Waals surface area (Å²) in [5.74, 6) is 0.190. The first kappa shape index (κ1) is 23.5. The Morgan fingerprint density at radius 2 is 1.94 bits per heavy atom. The molecule has 2 aromatic rings. The van der Waals surface area contributed by atoms with Gasteiger partial charge in [-0.3, -0.25) is 14.5 Å². The Balaban J connectivity index is 1.60. The number of thiazole rings is 1. The van der Waals surface area contributed by atoms with Gasteiger partial charge in [-0.25, -0.2) is 9.78 Å². The van der Waals surface area contributed by atoms with Gasteiger partial charge in [-0.15, -0.1) is 11.3 Å². The number of urea groups is 1. The number of methoxy groups -OCH3 is 1. The predicted molar refractivity (Wildman–Crippen MR) is 119 cm³/mol. The molecule has 0 bridgehead atoms. The van der Waals surface area contributed by atoms with Crippen LogP contribution in [0.1, 0.15) is 39.3 Å². The Morgan fingerprint density at radius 1 is 1.19 bits per heavy atom. The van der Waals surface area contributed by atoms with Crippen molar-refractivity contribution in [2.75, 3.05) is 20.3 Å². The van der Waals surface area contributed by atoms with E-state index in [1.807, 2.05) is 39.0 Å². The number of rotatable bonds is 10. The van der Waals surface area contributed by atoms with Crippen molar-refractivity contribution in [2.24, 2.45) is 0 Å². The summed E-state index contributed by atoms with van der Waals surface area (Å²) in [6, 6.07) is 4.97. The molecule has 0 spiro atoms. The summed E-state index contributed by atoms with van der Waals surface area (Å²) < 4.78 is 16.2. The van der Waals surface area contributed by atoms with E-state index >= 15 is 0 Å². The van der Waals surface area contributed by atoms with Crippen LogP contribution in [-0.2, 0) is 20.9 Å². The highest BCUT2D eigenvalue weighted by Gasteiger charge is 2.49. The molecule has 0 saturated carbocycles. The Labute approximate surface area is 190 Å². The minimum atomic E-state index is -0.944. The lowest BCUT2D eigenvalue weighted by molar-refractivity contribution is -0.149. The van der Waals surface area contributed by atoms with Crippen molar-refractivity contribution in [3.8, 4) is 22.1 Å². The predicted octanol–water partition coefficient (Wildman–Crippen LogP) is 3.37. The third kappa shape index (κ3) is 4.69. The Morgan fingerprint density at radius 3 is 2.56 bits per heavy atom. The third-order valence-electron chi connectivity index (χ3n) is 5.38. The average Bonchev–Trinajstić information content (AvgIpc) is 3.37. The minimum Gasteiger partial charge on any atom is -0.493 e. The molecule has 1 aliphatic heterocycles. The maximum absolute atomic E-state index is 12.6.